The third-order valence-corrected chi connectivity index (χ3v) is 5.33. The number of piperazine rings is 1. The number of halogens is 1. The van der Waals surface area contributed by atoms with E-state index in [1.807, 2.05) is 6.07 Å². The normalized spacial score (nSPS) is 17.1. The van der Waals surface area contributed by atoms with E-state index < -0.39 is 0 Å². The van der Waals surface area contributed by atoms with Gasteiger partial charge in [0.2, 0.25) is 5.95 Å². The first-order valence-corrected chi connectivity index (χ1v) is 9.75. The molecule has 28 heavy (non-hydrogen) atoms. The van der Waals surface area contributed by atoms with Gasteiger partial charge in [0.15, 0.2) is 0 Å². The fraction of sp³-hybridized carbons (Fsp3) is 0.450. The van der Waals surface area contributed by atoms with Crippen molar-refractivity contribution in [3.63, 3.8) is 0 Å². The Morgan fingerprint density at radius 2 is 1.79 bits per heavy atom. The lowest BCUT2D eigenvalue weighted by molar-refractivity contribution is 0.208. The summed E-state index contributed by atoms with van der Waals surface area (Å²) in [6.07, 6.45) is 4.18. The molecule has 0 atom stereocenters. The van der Waals surface area contributed by atoms with Gasteiger partial charge in [0.1, 0.15) is 11.6 Å². The van der Waals surface area contributed by atoms with Crippen LogP contribution < -0.4 is 15.1 Å². The number of anilines is 3. The highest BCUT2D eigenvalue weighted by atomic mass is 19.1. The lowest BCUT2D eigenvalue weighted by Gasteiger charge is -2.35. The van der Waals surface area contributed by atoms with Gasteiger partial charge < -0.3 is 20.0 Å². The number of aromatic nitrogens is 2. The first-order chi connectivity index (χ1) is 13.6. The van der Waals surface area contributed by atoms with Crippen LogP contribution in [0.3, 0.4) is 0 Å². The molecular formula is C20H25FN6O. The summed E-state index contributed by atoms with van der Waals surface area (Å²) >= 11 is 0. The Bertz CT molecular complexity index is 846. The minimum absolute atomic E-state index is 0.205. The maximum Gasteiger partial charge on any atom is 0.321 e. The van der Waals surface area contributed by atoms with Gasteiger partial charge in [0.25, 0.3) is 0 Å². The number of nitrogens with zero attached hydrogens (tertiary/aromatic N) is 5. The molecule has 0 spiro atoms. The Labute approximate surface area is 164 Å². The fourth-order valence-corrected chi connectivity index (χ4v) is 3.60. The monoisotopic (exact) mass is 384 g/mol. The number of aryl methyl sites for hydroxylation is 1. The van der Waals surface area contributed by atoms with Crippen molar-refractivity contribution in [1.82, 2.24) is 14.9 Å². The molecule has 2 amide bonds. The van der Waals surface area contributed by atoms with E-state index in [-0.39, 0.29) is 11.8 Å². The molecule has 2 saturated heterocycles. The minimum Gasteiger partial charge on any atom is -0.353 e. The standard InChI is InChI=1S/C20H25FN6O/c1-15-4-5-16(14-17(15)21)23-20(28)27-12-10-25(11-13-27)18-6-7-22-19(24-18)26-8-2-3-9-26/h4-7,14H,2-3,8-13H2,1H3,(H,23,28). The van der Waals surface area contributed by atoms with Gasteiger partial charge in [-0.25, -0.2) is 14.2 Å². The molecule has 0 aliphatic carbocycles. The summed E-state index contributed by atoms with van der Waals surface area (Å²) in [5, 5.41) is 2.78. The Morgan fingerprint density at radius 1 is 1.04 bits per heavy atom. The van der Waals surface area contributed by atoms with Gasteiger partial charge in [-0.2, -0.15) is 4.98 Å². The predicted molar refractivity (Wildman–Crippen MR) is 107 cm³/mol. The van der Waals surface area contributed by atoms with Crippen LogP contribution in [0.5, 0.6) is 0 Å². The molecule has 1 aromatic carbocycles. The molecular weight excluding hydrogens is 359 g/mol. The zero-order valence-electron chi connectivity index (χ0n) is 16.1. The van der Waals surface area contributed by atoms with Crippen LogP contribution >= 0.6 is 0 Å². The number of hydrogen-bond acceptors (Lipinski definition) is 5. The van der Waals surface area contributed by atoms with Crippen molar-refractivity contribution in [3.8, 4) is 0 Å². The number of rotatable bonds is 3. The first-order valence-electron chi connectivity index (χ1n) is 9.75. The number of benzene rings is 1. The largest absolute Gasteiger partial charge is 0.353 e. The van der Waals surface area contributed by atoms with E-state index in [4.69, 9.17) is 4.98 Å². The van der Waals surface area contributed by atoms with E-state index in [2.05, 4.69) is 20.1 Å². The van der Waals surface area contributed by atoms with Crippen LogP contribution in [0.2, 0.25) is 0 Å². The molecule has 1 N–H and O–H groups in total. The van der Waals surface area contributed by atoms with Crippen LogP contribution in [0.25, 0.3) is 0 Å². The number of carbonyl (C=O) groups is 1. The Hall–Kier alpha value is -2.90. The molecule has 0 radical (unpaired) electrons. The zero-order chi connectivity index (χ0) is 19.5. The topological polar surface area (TPSA) is 64.6 Å². The van der Waals surface area contributed by atoms with Crippen LogP contribution in [0.1, 0.15) is 18.4 Å². The number of hydrogen-bond donors (Lipinski definition) is 1. The molecule has 0 unspecified atom stereocenters. The van der Waals surface area contributed by atoms with Crippen LogP contribution in [-0.2, 0) is 0 Å². The Kier molecular flexibility index (Phi) is 5.27. The van der Waals surface area contributed by atoms with Crippen LogP contribution in [0.4, 0.5) is 26.6 Å². The SMILES string of the molecule is Cc1ccc(NC(=O)N2CCN(c3ccnc(N4CCCC4)n3)CC2)cc1F. The molecule has 2 fully saturated rings. The summed E-state index contributed by atoms with van der Waals surface area (Å²) < 4.78 is 13.7. The van der Waals surface area contributed by atoms with Gasteiger partial charge in [-0.3, -0.25) is 0 Å². The molecule has 2 aliphatic heterocycles. The number of nitrogens with one attached hydrogen (secondary N) is 1. The number of carbonyl (C=O) groups excluding carboxylic acids is 1. The van der Waals surface area contributed by atoms with Gasteiger partial charge in [0.05, 0.1) is 0 Å². The second kappa shape index (κ2) is 8.00. The molecule has 8 heteroatoms. The van der Waals surface area contributed by atoms with Crippen molar-refractivity contribution in [2.45, 2.75) is 19.8 Å². The van der Waals surface area contributed by atoms with Crippen molar-refractivity contribution >= 4 is 23.5 Å². The molecule has 2 aromatic rings. The third kappa shape index (κ3) is 4.00. The summed E-state index contributed by atoms with van der Waals surface area (Å²) in [7, 11) is 0. The maximum absolute atomic E-state index is 13.7. The highest BCUT2D eigenvalue weighted by Gasteiger charge is 2.23. The van der Waals surface area contributed by atoms with Gasteiger partial charge in [-0.1, -0.05) is 6.07 Å². The zero-order valence-corrected chi connectivity index (χ0v) is 16.1. The van der Waals surface area contributed by atoms with Crippen LogP contribution in [0.15, 0.2) is 30.5 Å². The van der Waals surface area contributed by atoms with Crippen molar-refractivity contribution in [1.29, 1.82) is 0 Å². The highest BCUT2D eigenvalue weighted by Crippen LogP contribution is 2.20. The van der Waals surface area contributed by atoms with Crippen molar-refractivity contribution in [2.24, 2.45) is 0 Å². The highest BCUT2D eigenvalue weighted by molar-refractivity contribution is 5.89. The quantitative estimate of drug-likeness (QED) is 0.882. The molecule has 7 nitrogen and oxygen atoms in total. The summed E-state index contributed by atoms with van der Waals surface area (Å²) in [5.41, 5.74) is 1.03. The minimum atomic E-state index is -0.319. The summed E-state index contributed by atoms with van der Waals surface area (Å²) in [6, 6.07) is 6.45. The van der Waals surface area contributed by atoms with Crippen LogP contribution in [-0.4, -0.2) is 60.2 Å². The molecule has 2 aliphatic rings. The molecule has 0 bridgehead atoms. The molecule has 3 heterocycles. The van der Waals surface area contributed by atoms with Crippen molar-refractivity contribution in [3.05, 3.63) is 41.8 Å². The first kappa shape index (κ1) is 18.5. The summed E-state index contributed by atoms with van der Waals surface area (Å²) in [6.45, 7) is 6.29. The van der Waals surface area contributed by atoms with Crippen LogP contribution in [0, 0.1) is 12.7 Å². The third-order valence-electron chi connectivity index (χ3n) is 5.33. The summed E-state index contributed by atoms with van der Waals surface area (Å²) in [5.74, 6) is 1.37. The fourth-order valence-electron chi connectivity index (χ4n) is 3.60. The van der Waals surface area contributed by atoms with E-state index in [0.717, 1.165) is 24.9 Å². The van der Waals surface area contributed by atoms with Gasteiger partial charge in [-0.05, 0) is 43.5 Å². The van der Waals surface area contributed by atoms with E-state index in [9.17, 15) is 9.18 Å². The lowest BCUT2D eigenvalue weighted by atomic mass is 10.2. The van der Waals surface area contributed by atoms with Gasteiger partial charge in [-0.15, -0.1) is 0 Å². The smallest absolute Gasteiger partial charge is 0.321 e. The summed E-state index contributed by atoms with van der Waals surface area (Å²) in [4.78, 5) is 27.7. The lowest BCUT2D eigenvalue weighted by Crippen LogP contribution is -2.50. The molecule has 1 aromatic heterocycles. The van der Waals surface area contributed by atoms with Crippen molar-refractivity contribution < 1.29 is 9.18 Å². The Balaban J connectivity index is 1.34. The number of urea groups is 1. The van der Waals surface area contributed by atoms with E-state index in [1.54, 1.807) is 30.2 Å². The van der Waals surface area contributed by atoms with Gasteiger partial charge >= 0.3 is 6.03 Å². The number of amides is 2. The van der Waals surface area contributed by atoms with E-state index >= 15 is 0 Å². The average Bonchev–Trinajstić information content (AvgIpc) is 3.26. The van der Waals surface area contributed by atoms with Crippen molar-refractivity contribution in [2.75, 3.05) is 54.4 Å². The second-order valence-electron chi connectivity index (χ2n) is 7.28. The van der Waals surface area contributed by atoms with Gasteiger partial charge in [0, 0.05) is 51.2 Å². The Morgan fingerprint density at radius 3 is 2.50 bits per heavy atom. The predicted octanol–water partition coefficient (Wildman–Crippen LogP) is 2.88. The molecule has 4 rings (SSSR count). The maximum atomic E-state index is 13.7. The second-order valence-corrected chi connectivity index (χ2v) is 7.28. The van der Waals surface area contributed by atoms with E-state index in [1.165, 1.54) is 18.9 Å². The molecule has 0 saturated carbocycles. The van der Waals surface area contributed by atoms with E-state index in [0.29, 0.717) is 37.4 Å². The average molecular weight is 384 g/mol. The molecule has 148 valence electrons.